The minimum Gasteiger partial charge on any atom is -0.339 e. The fourth-order valence-electron chi connectivity index (χ4n) is 2.63. The number of benzene rings is 1. The molecule has 1 aliphatic heterocycles. The fraction of sp³-hybridized carbons (Fsp3) is 0.412. The van der Waals surface area contributed by atoms with Gasteiger partial charge in [0.2, 0.25) is 5.91 Å². The maximum atomic E-state index is 12.2. The van der Waals surface area contributed by atoms with Crippen molar-refractivity contribution in [3.05, 3.63) is 39.9 Å². The summed E-state index contributed by atoms with van der Waals surface area (Å²) in [5, 5.41) is 0.981. The Kier molecular flexibility index (Phi) is 6.47. The van der Waals surface area contributed by atoms with E-state index in [2.05, 4.69) is 0 Å². The maximum Gasteiger partial charge on any atom is 0.246 e. The van der Waals surface area contributed by atoms with Gasteiger partial charge in [0.25, 0.3) is 0 Å². The fourth-order valence-corrected chi connectivity index (χ4v) is 2.94. The molecule has 0 radical (unpaired) electrons. The van der Waals surface area contributed by atoms with Gasteiger partial charge in [-0.15, -0.1) is 0 Å². The first-order valence-electron chi connectivity index (χ1n) is 7.46. The van der Waals surface area contributed by atoms with Crippen LogP contribution in [0.2, 0.25) is 10.0 Å². The molecule has 0 N–H and O–H groups in total. The lowest BCUT2D eigenvalue weighted by Crippen LogP contribution is -2.37. The second-order valence-corrected chi connectivity index (χ2v) is 6.33. The lowest BCUT2D eigenvalue weighted by atomic mass is 9.92. The van der Waals surface area contributed by atoms with Crippen molar-refractivity contribution in [3.8, 4) is 0 Å². The van der Waals surface area contributed by atoms with Crippen LogP contribution in [0.25, 0.3) is 6.08 Å². The van der Waals surface area contributed by atoms with Crippen LogP contribution in [-0.4, -0.2) is 30.2 Å². The standard InChI is InChI=1S/C17H19Cl2NO2/c18-15-5-3-14(12-16(15)19)4-6-17(22)20-9-7-13(8-10-20)2-1-11-21/h3-6,11-13H,1-2,7-10H2/b6-4+. The Morgan fingerprint density at radius 1 is 1.23 bits per heavy atom. The molecule has 1 aromatic rings. The summed E-state index contributed by atoms with van der Waals surface area (Å²) >= 11 is 11.8. The van der Waals surface area contributed by atoms with E-state index < -0.39 is 0 Å². The van der Waals surface area contributed by atoms with Crippen molar-refractivity contribution >= 4 is 41.5 Å². The first kappa shape index (κ1) is 17.0. The van der Waals surface area contributed by atoms with E-state index in [1.807, 2.05) is 11.0 Å². The highest BCUT2D eigenvalue weighted by atomic mass is 35.5. The van der Waals surface area contributed by atoms with Crippen molar-refractivity contribution < 1.29 is 9.59 Å². The number of carbonyl (C=O) groups excluding carboxylic acids is 2. The molecule has 1 heterocycles. The molecule has 2 rings (SSSR count). The van der Waals surface area contributed by atoms with E-state index in [0.717, 1.165) is 44.2 Å². The van der Waals surface area contributed by atoms with Crippen molar-refractivity contribution in [1.29, 1.82) is 0 Å². The van der Waals surface area contributed by atoms with Gasteiger partial charge in [-0.25, -0.2) is 0 Å². The van der Waals surface area contributed by atoms with Gasteiger partial charge in [-0.2, -0.15) is 0 Å². The van der Waals surface area contributed by atoms with Gasteiger partial charge in [0.15, 0.2) is 0 Å². The molecule has 0 bridgehead atoms. The lowest BCUT2D eigenvalue weighted by molar-refractivity contribution is -0.127. The van der Waals surface area contributed by atoms with Crippen molar-refractivity contribution in [3.63, 3.8) is 0 Å². The number of hydrogen-bond donors (Lipinski definition) is 0. The zero-order valence-corrected chi connectivity index (χ0v) is 13.8. The van der Waals surface area contributed by atoms with Gasteiger partial charge >= 0.3 is 0 Å². The number of carbonyl (C=O) groups is 2. The van der Waals surface area contributed by atoms with Crippen LogP contribution >= 0.6 is 23.2 Å². The zero-order valence-electron chi connectivity index (χ0n) is 12.3. The van der Waals surface area contributed by atoms with E-state index in [1.54, 1.807) is 24.3 Å². The first-order valence-corrected chi connectivity index (χ1v) is 8.21. The van der Waals surface area contributed by atoms with Crippen molar-refractivity contribution in [2.45, 2.75) is 25.7 Å². The topological polar surface area (TPSA) is 37.4 Å². The molecule has 3 nitrogen and oxygen atoms in total. The Morgan fingerprint density at radius 2 is 1.95 bits per heavy atom. The van der Waals surface area contributed by atoms with Gasteiger partial charge in [-0.05, 0) is 49.0 Å². The normalized spacial score (nSPS) is 16.2. The molecule has 5 heteroatoms. The predicted octanol–water partition coefficient (Wildman–Crippen LogP) is 4.22. The number of nitrogens with zero attached hydrogens (tertiary/aromatic N) is 1. The molecule has 1 aliphatic rings. The molecule has 0 aliphatic carbocycles. The number of amides is 1. The summed E-state index contributed by atoms with van der Waals surface area (Å²) in [5.74, 6) is 0.577. The van der Waals surface area contributed by atoms with Gasteiger partial charge in [0, 0.05) is 25.6 Å². The summed E-state index contributed by atoms with van der Waals surface area (Å²) < 4.78 is 0. The third-order valence-electron chi connectivity index (χ3n) is 3.98. The molecule has 0 atom stereocenters. The van der Waals surface area contributed by atoms with Crippen molar-refractivity contribution in [2.75, 3.05) is 13.1 Å². The molecule has 1 fully saturated rings. The van der Waals surface area contributed by atoms with Gasteiger partial charge in [0.1, 0.15) is 6.29 Å². The Morgan fingerprint density at radius 3 is 2.59 bits per heavy atom. The van der Waals surface area contributed by atoms with Gasteiger partial charge in [0.05, 0.1) is 10.0 Å². The first-order chi connectivity index (χ1) is 10.6. The number of aldehydes is 1. The number of hydrogen-bond acceptors (Lipinski definition) is 2. The Hall–Kier alpha value is -1.32. The number of likely N-dealkylation sites (tertiary alicyclic amines) is 1. The average Bonchev–Trinajstić information content (AvgIpc) is 2.54. The highest BCUT2D eigenvalue weighted by molar-refractivity contribution is 6.42. The van der Waals surface area contributed by atoms with Gasteiger partial charge in [-0.1, -0.05) is 29.3 Å². The highest BCUT2D eigenvalue weighted by Crippen LogP contribution is 2.24. The summed E-state index contributed by atoms with van der Waals surface area (Å²) in [4.78, 5) is 24.4. The Bertz CT molecular complexity index is 564. The third-order valence-corrected chi connectivity index (χ3v) is 4.72. The van der Waals surface area contributed by atoms with Crippen LogP contribution in [0.1, 0.15) is 31.2 Å². The van der Waals surface area contributed by atoms with Crippen LogP contribution in [0.4, 0.5) is 0 Å². The second kappa shape index (κ2) is 8.35. The average molecular weight is 340 g/mol. The van der Waals surface area contributed by atoms with E-state index >= 15 is 0 Å². The number of piperidine rings is 1. The largest absolute Gasteiger partial charge is 0.339 e. The molecule has 22 heavy (non-hydrogen) atoms. The Balaban J connectivity index is 1.86. The molecule has 0 spiro atoms. The van der Waals surface area contributed by atoms with Crippen LogP contribution < -0.4 is 0 Å². The van der Waals surface area contributed by atoms with E-state index in [4.69, 9.17) is 23.2 Å². The minimum absolute atomic E-state index is 0.0138. The quantitative estimate of drug-likeness (QED) is 0.594. The summed E-state index contributed by atoms with van der Waals surface area (Å²) in [7, 11) is 0. The van der Waals surface area contributed by atoms with Crippen LogP contribution in [0, 0.1) is 5.92 Å². The lowest BCUT2D eigenvalue weighted by Gasteiger charge is -2.31. The van der Waals surface area contributed by atoms with Crippen LogP contribution in [0.5, 0.6) is 0 Å². The smallest absolute Gasteiger partial charge is 0.246 e. The summed E-state index contributed by atoms with van der Waals surface area (Å²) in [6.45, 7) is 1.52. The maximum absolute atomic E-state index is 12.2. The molecule has 118 valence electrons. The van der Waals surface area contributed by atoms with Crippen molar-refractivity contribution in [1.82, 2.24) is 4.90 Å². The zero-order chi connectivity index (χ0) is 15.9. The third kappa shape index (κ3) is 4.85. The number of halogens is 2. The predicted molar refractivity (Wildman–Crippen MR) is 90.1 cm³/mol. The van der Waals surface area contributed by atoms with E-state index in [-0.39, 0.29) is 5.91 Å². The Labute approximate surface area is 140 Å². The monoisotopic (exact) mass is 339 g/mol. The van der Waals surface area contributed by atoms with Gasteiger partial charge < -0.3 is 9.69 Å². The molecule has 1 amide bonds. The summed E-state index contributed by atoms with van der Waals surface area (Å²) in [6.07, 6.45) is 7.80. The van der Waals surface area contributed by atoms with Crippen molar-refractivity contribution in [2.24, 2.45) is 5.92 Å². The molecular formula is C17H19Cl2NO2. The highest BCUT2D eigenvalue weighted by Gasteiger charge is 2.20. The summed E-state index contributed by atoms with van der Waals surface area (Å²) in [5.41, 5.74) is 0.851. The second-order valence-electron chi connectivity index (χ2n) is 5.52. The van der Waals surface area contributed by atoms with Crippen LogP contribution in [0.3, 0.4) is 0 Å². The molecular weight excluding hydrogens is 321 g/mol. The van der Waals surface area contributed by atoms with Crippen LogP contribution in [0.15, 0.2) is 24.3 Å². The van der Waals surface area contributed by atoms with Crippen LogP contribution in [-0.2, 0) is 9.59 Å². The molecule has 0 saturated carbocycles. The SMILES string of the molecule is O=CCCC1CCN(C(=O)/C=C/c2ccc(Cl)c(Cl)c2)CC1. The number of rotatable bonds is 5. The van der Waals surface area contributed by atoms with E-state index in [0.29, 0.717) is 22.4 Å². The molecule has 0 aromatic heterocycles. The summed E-state index contributed by atoms with van der Waals surface area (Å²) in [6, 6.07) is 5.27. The molecule has 1 saturated heterocycles. The molecule has 1 aromatic carbocycles. The molecule has 0 unspecified atom stereocenters. The van der Waals surface area contributed by atoms with E-state index in [1.165, 1.54) is 0 Å². The minimum atomic E-state index is 0.0138. The van der Waals surface area contributed by atoms with Gasteiger partial charge in [-0.3, -0.25) is 4.79 Å². The van der Waals surface area contributed by atoms with E-state index in [9.17, 15) is 9.59 Å².